The Labute approximate surface area is 179 Å². The smallest absolute Gasteiger partial charge is 0.257 e. The first-order chi connectivity index (χ1) is 13.4. The number of nitrogens with one attached hydrogen (secondary N) is 2. The summed E-state index contributed by atoms with van der Waals surface area (Å²) in [4.78, 5) is 12.2. The van der Waals surface area contributed by atoms with Crippen molar-refractivity contribution in [1.29, 1.82) is 0 Å². The standard InChI is InChI=1S/C21H25BrN2O3S/c1-14(2)10-11-27-18-9-4-15(12-19(18)26-3)13-23-21(28)24-20(25)16-5-7-17(22)8-6-16/h4-9,12,14H,10-11,13H2,1-3H3,(H2,23,24,25,28). The number of hydrogen-bond donors (Lipinski definition) is 2. The number of hydrogen-bond acceptors (Lipinski definition) is 4. The highest BCUT2D eigenvalue weighted by atomic mass is 79.9. The average Bonchev–Trinajstić information content (AvgIpc) is 2.67. The van der Waals surface area contributed by atoms with Gasteiger partial charge in [-0.3, -0.25) is 10.1 Å². The number of halogens is 1. The fourth-order valence-electron chi connectivity index (χ4n) is 2.35. The molecule has 1 amide bonds. The quantitative estimate of drug-likeness (QED) is 0.555. The van der Waals surface area contributed by atoms with E-state index in [-0.39, 0.29) is 11.0 Å². The molecule has 0 radical (unpaired) electrons. The highest BCUT2D eigenvalue weighted by Crippen LogP contribution is 2.28. The molecule has 2 aromatic rings. The van der Waals surface area contributed by atoms with Gasteiger partial charge in [-0.05, 0) is 66.5 Å². The molecule has 0 heterocycles. The number of carbonyl (C=O) groups excluding carboxylic acids is 1. The van der Waals surface area contributed by atoms with Gasteiger partial charge in [0.15, 0.2) is 16.6 Å². The maximum Gasteiger partial charge on any atom is 0.257 e. The van der Waals surface area contributed by atoms with Crippen LogP contribution in [0.1, 0.15) is 36.2 Å². The van der Waals surface area contributed by atoms with Crippen molar-refractivity contribution in [2.45, 2.75) is 26.8 Å². The van der Waals surface area contributed by atoms with E-state index in [0.717, 1.165) is 22.2 Å². The third-order valence-corrected chi connectivity index (χ3v) is 4.74. The molecule has 150 valence electrons. The fourth-order valence-corrected chi connectivity index (χ4v) is 2.78. The number of benzene rings is 2. The van der Waals surface area contributed by atoms with E-state index >= 15 is 0 Å². The van der Waals surface area contributed by atoms with Gasteiger partial charge in [0, 0.05) is 16.6 Å². The zero-order chi connectivity index (χ0) is 20.5. The minimum atomic E-state index is -0.253. The molecule has 0 unspecified atom stereocenters. The monoisotopic (exact) mass is 464 g/mol. The van der Waals surface area contributed by atoms with Crippen LogP contribution in [-0.2, 0) is 6.54 Å². The van der Waals surface area contributed by atoms with Crippen LogP contribution in [-0.4, -0.2) is 24.7 Å². The van der Waals surface area contributed by atoms with Gasteiger partial charge in [0.2, 0.25) is 0 Å². The van der Waals surface area contributed by atoms with E-state index in [1.165, 1.54) is 0 Å². The summed E-state index contributed by atoms with van der Waals surface area (Å²) in [6.45, 7) is 5.43. The molecule has 2 aromatic carbocycles. The van der Waals surface area contributed by atoms with Gasteiger partial charge in [0.25, 0.3) is 5.91 Å². The Morgan fingerprint density at radius 1 is 1.14 bits per heavy atom. The number of ether oxygens (including phenoxy) is 2. The van der Waals surface area contributed by atoms with Gasteiger partial charge >= 0.3 is 0 Å². The van der Waals surface area contributed by atoms with E-state index in [1.54, 1.807) is 19.2 Å². The summed E-state index contributed by atoms with van der Waals surface area (Å²) in [7, 11) is 1.62. The molecular formula is C21H25BrN2O3S. The molecule has 0 bridgehead atoms. The molecular weight excluding hydrogens is 440 g/mol. The molecule has 2 N–H and O–H groups in total. The summed E-state index contributed by atoms with van der Waals surface area (Å²) in [5, 5.41) is 5.98. The summed E-state index contributed by atoms with van der Waals surface area (Å²) in [6, 6.07) is 12.8. The Bertz CT molecular complexity index is 810. The largest absolute Gasteiger partial charge is 0.493 e. The Balaban J connectivity index is 1.88. The molecule has 28 heavy (non-hydrogen) atoms. The number of thiocarbonyl (C=S) groups is 1. The minimum absolute atomic E-state index is 0.253. The molecule has 0 atom stereocenters. The molecule has 0 saturated heterocycles. The first kappa shape index (κ1) is 22.2. The van der Waals surface area contributed by atoms with Gasteiger partial charge in [-0.25, -0.2) is 0 Å². The second-order valence-corrected chi connectivity index (χ2v) is 7.98. The first-order valence-corrected chi connectivity index (χ1v) is 10.2. The molecule has 0 spiro atoms. The highest BCUT2D eigenvalue weighted by Gasteiger charge is 2.09. The molecule has 0 fully saturated rings. The molecule has 0 aliphatic carbocycles. The van der Waals surface area contributed by atoms with Crippen LogP contribution in [0.3, 0.4) is 0 Å². The molecule has 5 nitrogen and oxygen atoms in total. The molecule has 0 aliphatic heterocycles. The third kappa shape index (κ3) is 7.13. The Kier molecular flexibility index (Phi) is 8.73. The lowest BCUT2D eigenvalue weighted by molar-refractivity contribution is 0.0976. The van der Waals surface area contributed by atoms with Crippen molar-refractivity contribution in [3.05, 3.63) is 58.1 Å². The Hall–Kier alpha value is -2.12. The van der Waals surface area contributed by atoms with Crippen LogP contribution in [0.25, 0.3) is 0 Å². The zero-order valence-electron chi connectivity index (χ0n) is 16.3. The summed E-state index contributed by atoms with van der Waals surface area (Å²) in [5.41, 5.74) is 1.50. The van der Waals surface area contributed by atoms with Crippen LogP contribution in [0.15, 0.2) is 46.9 Å². The second kappa shape index (κ2) is 11.0. The third-order valence-electron chi connectivity index (χ3n) is 3.97. The van der Waals surface area contributed by atoms with Crippen LogP contribution in [0, 0.1) is 5.92 Å². The van der Waals surface area contributed by atoms with Gasteiger partial charge < -0.3 is 14.8 Å². The lowest BCUT2D eigenvalue weighted by Crippen LogP contribution is -2.38. The van der Waals surface area contributed by atoms with Gasteiger partial charge in [0.05, 0.1) is 13.7 Å². The Morgan fingerprint density at radius 3 is 2.50 bits per heavy atom. The van der Waals surface area contributed by atoms with Gasteiger partial charge in [-0.1, -0.05) is 35.8 Å². The summed E-state index contributed by atoms with van der Waals surface area (Å²) < 4.78 is 12.1. The van der Waals surface area contributed by atoms with Gasteiger partial charge in [-0.15, -0.1) is 0 Å². The highest BCUT2D eigenvalue weighted by molar-refractivity contribution is 9.10. The summed E-state index contributed by atoms with van der Waals surface area (Å²) in [6.07, 6.45) is 0.985. The normalized spacial score (nSPS) is 10.5. The lowest BCUT2D eigenvalue weighted by atomic mass is 10.1. The van der Waals surface area contributed by atoms with E-state index in [2.05, 4.69) is 40.4 Å². The number of rotatable bonds is 8. The van der Waals surface area contributed by atoms with E-state index < -0.39 is 0 Å². The SMILES string of the molecule is COc1cc(CNC(=S)NC(=O)c2ccc(Br)cc2)ccc1OCCC(C)C. The maximum absolute atomic E-state index is 12.2. The van der Waals surface area contributed by atoms with Gasteiger partial charge in [0.1, 0.15) is 0 Å². The molecule has 0 aliphatic rings. The molecule has 2 rings (SSSR count). The second-order valence-electron chi connectivity index (χ2n) is 6.66. The Morgan fingerprint density at radius 2 is 1.86 bits per heavy atom. The maximum atomic E-state index is 12.2. The van der Waals surface area contributed by atoms with Crippen molar-refractivity contribution in [2.75, 3.05) is 13.7 Å². The topological polar surface area (TPSA) is 59.6 Å². The van der Waals surface area contributed by atoms with E-state index in [9.17, 15) is 4.79 Å². The van der Waals surface area contributed by atoms with Crippen LogP contribution in [0.2, 0.25) is 0 Å². The summed E-state index contributed by atoms with van der Waals surface area (Å²) >= 11 is 8.56. The van der Waals surface area contributed by atoms with Gasteiger partial charge in [-0.2, -0.15) is 0 Å². The molecule has 7 heteroatoms. The lowest BCUT2D eigenvalue weighted by Gasteiger charge is -2.14. The average molecular weight is 465 g/mol. The van der Waals surface area contributed by atoms with Crippen LogP contribution in [0.4, 0.5) is 0 Å². The number of amides is 1. The number of methoxy groups -OCH3 is 1. The van der Waals surface area contributed by atoms with Crippen LogP contribution < -0.4 is 20.1 Å². The van der Waals surface area contributed by atoms with Crippen molar-refractivity contribution >= 4 is 39.2 Å². The van der Waals surface area contributed by atoms with Crippen molar-refractivity contribution in [3.63, 3.8) is 0 Å². The van der Waals surface area contributed by atoms with Crippen molar-refractivity contribution in [3.8, 4) is 11.5 Å². The summed E-state index contributed by atoms with van der Waals surface area (Å²) in [5.74, 6) is 1.73. The van der Waals surface area contributed by atoms with Crippen LogP contribution >= 0.6 is 28.1 Å². The van der Waals surface area contributed by atoms with E-state index in [0.29, 0.717) is 30.4 Å². The minimum Gasteiger partial charge on any atom is -0.493 e. The van der Waals surface area contributed by atoms with E-state index in [1.807, 2.05) is 30.3 Å². The zero-order valence-corrected chi connectivity index (χ0v) is 18.7. The van der Waals surface area contributed by atoms with E-state index in [4.69, 9.17) is 21.7 Å². The molecule has 0 saturated carbocycles. The predicted molar refractivity (Wildman–Crippen MR) is 119 cm³/mol. The van der Waals surface area contributed by atoms with Crippen LogP contribution in [0.5, 0.6) is 11.5 Å². The van der Waals surface area contributed by atoms with Crippen molar-refractivity contribution in [2.24, 2.45) is 5.92 Å². The number of carbonyl (C=O) groups is 1. The van der Waals surface area contributed by atoms with Crippen molar-refractivity contribution in [1.82, 2.24) is 10.6 Å². The fraction of sp³-hybridized carbons (Fsp3) is 0.333. The first-order valence-electron chi connectivity index (χ1n) is 9.03. The van der Waals surface area contributed by atoms with Crippen molar-refractivity contribution < 1.29 is 14.3 Å². The predicted octanol–water partition coefficient (Wildman–Crippen LogP) is 4.69. The molecule has 0 aromatic heterocycles.